The number of hydrogen-bond donors (Lipinski definition) is 2. The Labute approximate surface area is 172 Å². The van der Waals surface area contributed by atoms with Crippen LogP contribution in [0.2, 0.25) is 0 Å². The van der Waals surface area contributed by atoms with Crippen LogP contribution in [0, 0.1) is 0 Å². The maximum absolute atomic E-state index is 13.2. The summed E-state index contributed by atoms with van der Waals surface area (Å²) in [4.78, 5) is 52.1. The minimum atomic E-state index is -0.951. The molecule has 0 spiro atoms. The van der Waals surface area contributed by atoms with E-state index in [1.807, 2.05) is 0 Å². The molecular formula is C21H21N3O6. The summed E-state index contributed by atoms with van der Waals surface area (Å²) in [6.07, 6.45) is 1.81. The number of nitrogens with one attached hydrogen (secondary N) is 1. The van der Waals surface area contributed by atoms with Crippen LogP contribution in [-0.2, 0) is 14.4 Å². The molecule has 0 aliphatic carbocycles. The van der Waals surface area contributed by atoms with E-state index in [-0.39, 0.29) is 50.1 Å². The fraction of sp³-hybridized carbons (Fsp3) is 0.333. The SMILES string of the molecule is O=C(O)CCCC(=O)N1CCN2C(=O)c3cc(-c4ccco4)ccc3NC(=O)[C@@H]2C1. The third kappa shape index (κ3) is 3.78. The van der Waals surface area contributed by atoms with Gasteiger partial charge in [-0.25, -0.2) is 0 Å². The van der Waals surface area contributed by atoms with Crippen molar-refractivity contribution in [3.63, 3.8) is 0 Å². The van der Waals surface area contributed by atoms with E-state index >= 15 is 0 Å². The van der Waals surface area contributed by atoms with E-state index in [4.69, 9.17) is 9.52 Å². The van der Waals surface area contributed by atoms with Gasteiger partial charge in [0.15, 0.2) is 0 Å². The van der Waals surface area contributed by atoms with E-state index < -0.39 is 12.0 Å². The topological polar surface area (TPSA) is 120 Å². The van der Waals surface area contributed by atoms with Crippen molar-refractivity contribution in [2.75, 3.05) is 25.0 Å². The molecule has 2 N–H and O–H groups in total. The second kappa shape index (κ2) is 8.02. The predicted octanol–water partition coefficient (Wildman–Crippen LogP) is 1.81. The number of piperazine rings is 1. The Morgan fingerprint density at radius 2 is 2.00 bits per heavy atom. The Balaban J connectivity index is 1.52. The summed E-state index contributed by atoms with van der Waals surface area (Å²) in [7, 11) is 0. The maximum Gasteiger partial charge on any atom is 0.303 e. The third-order valence-electron chi connectivity index (χ3n) is 5.39. The average Bonchev–Trinajstić information content (AvgIpc) is 3.24. The van der Waals surface area contributed by atoms with Crippen molar-refractivity contribution in [1.29, 1.82) is 0 Å². The van der Waals surface area contributed by atoms with Crippen molar-refractivity contribution in [3.05, 3.63) is 42.2 Å². The maximum atomic E-state index is 13.2. The van der Waals surface area contributed by atoms with Gasteiger partial charge in [0.25, 0.3) is 5.91 Å². The highest BCUT2D eigenvalue weighted by Gasteiger charge is 2.40. The molecule has 4 rings (SSSR count). The number of carboxylic acids is 1. The van der Waals surface area contributed by atoms with Gasteiger partial charge >= 0.3 is 5.97 Å². The summed E-state index contributed by atoms with van der Waals surface area (Å²) in [5.74, 6) is -1.17. The number of fused-ring (bicyclic) bond motifs is 2. The molecule has 1 atom stereocenters. The zero-order chi connectivity index (χ0) is 21.3. The number of benzene rings is 1. The summed E-state index contributed by atoms with van der Waals surface area (Å²) in [6, 6.07) is 7.90. The third-order valence-corrected chi connectivity index (χ3v) is 5.39. The molecule has 0 bridgehead atoms. The van der Waals surface area contributed by atoms with Gasteiger partial charge in [-0.15, -0.1) is 0 Å². The molecule has 1 aromatic heterocycles. The van der Waals surface area contributed by atoms with Gasteiger partial charge in [-0.2, -0.15) is 0 Å². The van der Waals surface area contributed by atoms with E-state index in [9.17, 15) is 19.2 Å². The zero-order valence-corrected chi connectivity index (χ0v) is 16.2. The number of carbonyl (C=O) groups is 4. The molecule has 9 heteroatoms. The summed E-state index contributed by atoms with van der Waals surface area (Å²) < 4.78 is 5.40. The summed E-state index contributed by atoms with van der Waals surface area (Å²) in [6.45, 7) is 0.614. The highest BCUT2D eigenvalue weighted by molar-refractivity contribution is 6.10. The number of furan rings is 1. The molecule has 3 amide bonds. The van der Waals surface area contributed by atoms with Gasteiger partial charge in [-0.3, -0.25) is 19.2 Å². The van der Waals surface area contributed by atoms with Crippen molar-refractivity contribution < 1.29 is 28.7 Å². The number of hydrogen-bond acceptors (Lipinski definition) is 5. The number of carbonyl (C=O) groups excluding carboxylic acids is 3. The first-order valence-corrected chi connectivity index (χ1v) is 9.73. The number of anilines is 1. The van der Waals surface area contributed by atoms with Gasteiger partial charge in [0, 0.05) is 31.5 Å². The van der Waals surface area contributed by atoms with Crippen molar-refractivity contribution in [2.24, 2.45) is 0 Å². The number of amides is 3. The lowest BCUT2D eigenvalue weighted by atomic mass is 10.0. The van der Waals surface area contributed by atoms with Crippen LogP contribution < -0.4 is 5.32 Å². The van der Waals surface area contributed by atoms with Gasteiger partial charge in [0.2, 0.25) is 11.8 Å². The fourth-order valence-electron chi connectivity index (χ4n) is 3.82. The van der Waals surface area contributed by atoms with E-state index in [1.165, 1.54) is 9.80 Å². The van der Waals surface area contributed by atoms with Crippen LogP contribution in [0.4, 0.5) is 5.69 Å². The lowest BCUT2D eigenvalue weighted by Gasteiger charge is -2.39. The summed E-state index contributed by atoms with van der Waals surface area (Å²) in [5.41, 5.74) is 1.53. The Kier molecular flexibility index (Phi) is 5.26. The van der Waals surface area contributed by atoms with Crippen molar-refractivity contribution in [1.82, 2.24) is 9.80 Å². The van der Waals surface area contributed by atoms with Gasteiger partial charge in [0.1, 0.15) is 11.8 Å². The van der Waals surface area contributed by atoms with Crippen molar-refractivity contribution in [3.8, 4) is 11.3 Å². The zero-order valence-electron chi connectivity index (χ0n) is 16.2. The number of nitrogens with zero attached hydrogens (tertiary/aromatic N) is 2. The molecule has 2 aliphatic heterocycles. The Bertz CT molecular complexity index is 1000. The van der Waals surface area contributed by atoms with Crippen molar-refractivity contribution >= 4 is 29.4 Å². The quantitative estimate of drug-likeness (QED) is 0.774. The van der Waals surface area contributed by atoms with Crippen LogP contribution in [0.15, 0.2) is 41.0 Å². The minimum Gasteiger partial charge on any atom is -0.481 e. The first-order chi connectivity index (χ1) is 14.4. The Morgan fingerprint density at radius 1 is 1.17 bits per heavy atom. The predicted molar refractivity (Wildman–Crippen MR) is 106 cm³/mol. The van der Waals surface area contributed by atoms with Crippen LogP contribution in [0.25, 0.3) is 11.3 Å². The molecule has 0 radical (unpaired) electrons. The number of rotatable bonds is 5. The standard InChI is InChI=1S/C21H21N3O6/c25-18(4-1-5-19(26)27)23-8-9-24-16(12-23)20(28)22-15-7-6-13(11-14(15)21(24)29)17-3-2-10-30-17/h2-3,6-7,10-11,16H,1,4-5,8-9,12H2,(H,22,28)(H,26,27)/t16-/m0/s1. The van der Waals surface area contributed by atoms with E-state index in [2.05, 4.69) is 5.32 Å². The smallest absolute Gasteiger partial charge is 0.303 e. The molecule has 3 heterocycles. The first-order valence-electron chi connectivity index (χ1n) is 9.73. The lowest BCUT2D eigenvalue weighted by Crippen LogP contribution is -2.59. The molecule has 1 saturated heterocycles. The van der Waals surface area contributed by atoms with Crippen LogP contribution in [0.5, 0.6) is 0 Å². The van der Waals surface area contributed by atoms with E-state index in [0.29, 0.717) is 23.6 Å². The number of aliphatic carboxylic acids is 1. The highest BCUT2D eigenvalue weighted by Crippen LogP contribution is 2.30. The van der Waals surface area contributed by atoms with Gasteiger partial charge in [-0.05, 0) is 36.8 Å². The summed E-state index contributed by atoms with van der Waals surface area (Å²) >= 11 is 0. The van der Waals surface area contributed by atoms with Crippen LogP contribution in [-0.4, -0.2) is 64.3 Å². The molecule has 9 nitrogen and oxygen atoms in total. The first kappa shape index (κ1) is 19.7. The summed E-state index contributed by atoms with van der Waals surface area (Å²) in [5, 5.41) is 11.5. The van der Waals surface area contributed by atoms with Gasteiger partial charge < -0.3 is 24.6 Å². The van der Waals surface area contributed by atoms with E-state index in [1.54, 1.807) is 36.6 Å². The minimum absolute atomic E-state index is 0.0819. The molecule has 30 heavy (non-hydrogen) atoms. The number of carboxylic acid groups (broad SMARTS) is 1. The monoisotopic (exact) mass is 411 g/mol. The van der Waals surface area contributed by atoms with Crippen LogP contribution in [0.1, 0.15) is 29.6 Å². The van der Waals surface area contributed by atoms with Gasteiger partial charge in [0.05, 0.1) is 24.1 Å². The van der Waals surface area contributed by atoms with Crippen LogP contribution >= 0.6 is 0 Å². The van der Waals surface area contributed by atoms with Gasteiger partial charge in [-0.1, -0.05) is 0 Å². The fourth-order valence-corrected chi connectivity index (χ4v) is 3.82. The van der Waals surface area contributed by atoms with Crippen molar-refractivity contribution in [2.45, 2.75) is 25.3 Å². The molecule has 1 aromatic carbocycles. The molecule has 0 saturated carbocycles. The average molecular weight is 411 g/mol. The second-order valence-electron chi connectivity index (χ2n) is 7.33. The largest absolute Gasteiger partial charge is 0.481 e. The lowest BCUT2D eigenvalue weighted by molar-refractivity contribution is -0.137. The molecule has 156 valence electrons. The molecule has 2 aromatic rings. The molecule has 0 unspecified atom stereocenters. The highest BCUT2D eigenvalue weighted by atomic mass is 16.4. The van der Waals surface area contributed by atoms with Crippen LogP contribution in [0.3, 0.4) is 0 Å². The molecule has 1 fully saturated rings. The molecular weight excluding hydrogens is 390 g/mol. The normalized spacial score (nSPS) is 18.3. The Morgan fingerprint density at radius 3 is 2.73 bits per heavy atom. The Hall–Kier alpha value is -3.62. The second-order valence-corrected chi connectivity index (χ2v) is 7.33. The molecule has 2 aliphatic rings. The van der Waals surface area contributed by atoms with E-state index in [0.717, 1.165) is 5.56 Å².